The lowest BCUT2D eigenvalue weighted by Gasteiger charge is -2.21. The molecule has 0 unspecified atom stereocenters. The lowest BCUT2D eigenvalue weighted by molar-refractivity contribution is -0.157. The topological polar surface area (TPSA) is 49.4 Å². The van der Waals surface area contributed by atoms with Crippen molar-refractivity contribution in [3.8, 4) is 0 Å². The van der Waals surface area contributed by atoms with E-state index in [9.17, 15) is 22.8 Å². The van der Waals surface area contributed by atoms with Crippen LogP contribution in [-0.2, 0) is 15.0 Å². The van der Waals surface area contributed by atoms with Gasteiger partial charge in [-0.2, -0.15) is 13.2 Å². The van der Waals surface area contributed by atoms with Crippen molar-refractivity contribution in [1.29, 1.82) is 0 Å². The van der Waals surface area contributed by atoms with Gasteiger partial charge in [0.1, 0.15) is 6.54 Å². The highest BCUT2D eigenvalue weighted by Gasteiger charge is 2.52. The van der Waals surface area contributed by atoms with Gasteiger partial charge in [-0.15, -0.1) is 0 Å². The molecule has 2 aliphatic rings. The Morgan fingerprint density at radius 1 is 1.26 bits per heavy atom. The Bertz CT molecular complexity index is 612. The highest BCUT2D eigenvalue weighted by molar-refractivity contribution is 5.92. The zero-order valence-electron chi connectivity index (χ0n) is 12.4. The molecule has 23 heavy (non-hydrogen) atoms. The van der Waals surface area contributed by atoms with E-state index >= 15 is 0 Å². The van der Waals surface area contributed by atoms with Crippen LogP contribution in [0.1, 0.15) is 24.8 Å². The van der Waals surface area contributed by atoms with Gasteiger partial charge in [0.15, 0.2) is 0 Å². The van der Waals surface area contributed by atoms with E-state index in [-0.39, 0.29) is 18.9 Å². The van der Waals surface area contributed by atoms with Gasteiger partial charge in [0.05, 0.1) is 11.5 Å². The molecule has 2 amide bonds. The Morgan fingerprint density at radius 3 is 2.48 bits per heavy atom. The lowest BCUT2D eigenvalue weighted by Crippen LogP contribution is -2.43. The third-order valence-corrected chi connectivity index (χ3v) is 4.43. The first kappa shape index (κ1) is 15.8. The van der Waals surface area contributed by atoms with Gasteiger partial charge in [-0.3, -0.25) is 9.59 Å². The molecule has 0 spiro atoms. The van der Waals surface area contributed by atoms with Crippen LogP contribution in [-0.4, -0.2) is 42.0 Å². The van der Waals surface area contributed by atoms with Crippen LogP contribution in [0.2, 0.25) is 0 Å². The van der Waals surface area contributed by atoms with E-state index in [0.29, 0.717) is 0 Å². The summed E-state index contributed by atoms with van der Waals surface area (Å²) in [7, 11) is 0. The molecule has 1 atom stereocenters. The predicted molar refractivity (Wildman–Crippen MR) is 76.5 cm³/mol. The molecule has 3 rings (SSSR count). The standard InChI is InChI=1S/C16H17F3N2O2/c17-16(18,19)10-21-9-12(8-13(21)22)20-14(23)15(6-7-15)11-4-2-1-3-5-11/h1-5,12H,6-10H2,(H,20,23)/t12-/m1/s1. The number of carbonyl (C=O) groups excluding carboxylic acids is 2. The number of nitrogens with zero attached hydrogens (tertiary/aromatic N) is 1. The summed E-state index contributed by atoms with van der Waals surface area (Å²) >= 11 is 0. The lowest BCUT2D eigenvalue weighted by atomic mass is 9.94. The summed E-state index contributed by atoms with van der Waals surface area (Å²) in [5.74, 6) is -0.771. The maximum absolute atomic E-state index is 12.5. The maximum atomic E-state index is 12.5. The van der Waals surface area contributed by atoms with Crippen molar-refractivity contribution in [2.45, 2.75) is 36.9 Å². The van der Waals surface area contributed by atoms with Crippen LogP contribution in [0, 0.1) is 0 Å². The van der Waals surface area contributed by atoms with Crippen molar-refractivity contribution in [2.75, 3.05) is 13.1 Å². The molecule has 1 heterocycles. The van der Waals surface area contributed by atoms with E-state index in [1.54, 1.807) is 0 Å². The average Bonchev–Trinajstić information content (AvgIpc) is 3.21. The molecule has 1 aromatic rings. The summed E-state index contributed by atoms with van der Waals surface area (Å²) in [5, 5.41) is 2.76. The number of carbonyl (C=O) groups is 2. The Morgan fingerprint density at radius 2 is 1.91 bits per heavy atom. The van der Waals surface area contributed by atoms with Crippen molar-refractivity contribution < 1.29 is 22.8 Å². The molecule has 0 aromatic heterocycles. The molecule has 0 radical (unpaired) electrons. The molecule has 1 saturated heterocycles. The molecule has 0 bridgehead atoms. The Balaban J connectivity index is 1.62. The zero-order chi connectivity index (χ0) is 16.7. The van der Waals surface area contributed by atoms with Crippen molar-refractivity contribution in [3.63, 3.8) is 0 Å². The smallest absolute Gasteiger partial charge is 0.350 e. The van der Waals surface area contributed by atoms with Crippen LogP contribution in [0.3, 0.4) is 0 Å². The monoisotopic (exact) mass is 326 g/mol. The summed E-state index contributed by atoms with van der Waals surface area (Å²) in [6, 6.07) is 8.77. The van der Waals surface area contributed by atoms with E-state index in [0.717, 1.165) is 23.3 Å². The second kappa shape index (κ2) is 5.54. The summed E-state index contributed by atoms with van der Waals surface area (Å²) in [6.45, 7) is -1.35. The highest BCUT2D eigenvalue weighted by Crippen LogP contribution is 2.48. The van der Waals surface area contributed by atoms with Gasteiger partial charge in [-0.05, 0) is 18.4 Å². The normalized spacial score (nSPS) is 23.0. The van der Waals surface area contributed by atoms with Crippen LogP contribution in [0.4, 0.5) is 13.2 Å². The number of benzene rings is 1. The fraction of sp³-hybridized carbons (Fsp3) is 0.500. The van der Waals surface area contributed by atoms with Crippen molar-refractivity contribution in [3.05, 3.63) is 35.9 Å². The molecule has 7 heteroatoms. The highest BCUT2D eigenvalue weighted by atomic mass is 19.4. The number of halogens is 3. The molecular formula is C16H17F3N2O2. The Labute approximate surface area is 131 Å². The van der Waals surface area contributed by atoms with E-state index < -0.39 is 30.1 Å². The third kappa shape index (κ3) is 3.33. The number of rotatable bonds is 4. The molecule has 4 nitrogen and oxygen atoms in total. The molecule has 1 saturated carbocycles. The number of nitrogens with one attached hydrogen (secondary N) is 1. The van der Waals surface area contributed by atoms with Crippen LogP contribution < -0.4 is 5.32 Å². The molecule has 1 aliphatic heterocycles. The second-order valence-electron chi connectivity index (χ2n) is 6.21. The number of amides is 2. The van der Waals surface area contributed by atoms with Crippen LogP contribution in [0.15, 0.2) is 30.3 Å². The largest absolute Gasteiger partial charge is 0.406 e. The minimum atomic E-state index is -4.42. The number of likely N-dealkylation sites (tertiary alicyclic amines) is 1. The van der Waals surface area contributed by atoms with Crippen LogP contribution in [0.25, 0.3) is 0 Å². The van der Waals surface area contributed by atoms with Gasteiger partial charge in [0, 0.05) is 13.0 Å². The molecule has 2 fully saturated rings. The van der Waals surface area contributed by atoms with Crippen molar-refractivity contribution in [2.24, 2.45) is 0 Å². The van der Waals surface area contributed by atoms with Gasteiger partial charge in [-0.25, -0.2) is 0 Å². The first-order valence-corrected chi connectivity index (χ1v) is 7.51. The van der Waals surface area contributed by atoms with Crippen LogP contribution in [0.5, 0.6) is 0 Å². The van der Waals surface area contributed by atoms with E-state index in [1.165, 1.54) is 0 Å². The predicted octanol–water partition coefficient (Wildman–Crippen LogP) is 2.00. The fourth-order valence-corrected chi connectivity index (χ4v) is 3.09. The summed E-state index contributed by atoms with van der Waals surface area (Å²) in [4.78, 5) is 24.9. The minimum absolute atomic E-state index is 0.0767. The molecule has 1 N–H and O–H groups in total. The molecule has 124 valence electrons. The summed E-state index contributed by atoms with van der Waals surface area (Å²) in [6.07, 6.45) is -3.06. The Kier molecular flexibility index (Phi) is 3.82. The van der Waals surface area contributed by atoms with E-state index in [4.69, 9.17) is 0 Å². The second-order valence-corrected chi connectivity index (χ2v) is 6.21. The van der Waals surface area contributed by atoms with Crippen molar-refractivity contribution >= 4 is 11.8 Å². The number of alkyl halides is 3. The summed E-state index contributed by atoms with van der Waals surface area (Å²) < 4.78 is 37.2. The third-order valence-electron chi connectivity index (χ3n) is 4.43. The fourth-order valence-electron chi connectivity index (χ4n) is 3.09. The van der Waals surface area contributed by atoms with Gasteiger partial charge >= 0.3 is 6.18 Å². The van der Waals surface area contributed by atoms with Crippen molar-refractivity contribution in [1.82, 2.24) is 10.2 Å². The van der Waals surface area contributed by atoms with E-state index in [2.05, 4.69) is 5.32 Å². The summed E-state index contributed by atoms with van der Waals surface area (Å²) in [5.41, 5.74) is 0.329. The first-order chi connectivity index (χ1) is 10.8. The number of hydrogen-bond donors (Lipinski definition) is 1. The van der Waals surface area contributed by atoms with Gasteiger partial charge in [0.25, 0.3) is 0 Å². The number of hydrogen-bond acceptors (Lipinski definition) is 2. The minimum Gasteiger partial charge on any atom is -0.350 e. The molecule has 1 aromatic carbocycles. The SMILES string of the molecule is O=C1C[C@@H](NC(=O)C2(c3ccccc3)CC2)CN1CC(F)(F)F. The Hall–Kier alpha value is -2.05. The quantitative estimate of drug-likeness (QED) is 0.920. The zero-order valence-corrected chi connectivity index (χ0v) is 12.4. The van der Waals surface area contributed by atoms with E-state index in [1.807, 2.05) is 30.3 Å². The molecule has 1 aliphatic carbocycles. The average molecular weight is 326 g/mol. The van der Waals surface area contributed by atoms with Gasteiger partial charge in [-0.1, -0.05) is 30.3 Å². The molecular weight excluding hydrogens is 309 g/mol. The van der Waals surface area contributed by atoms with Gasteiger partial charge in [0.2, 0.25) is 11.8 Å². The van der Waals surface area contributed by atoms with Crippen LogP contribution >= 0.6 is 0 Å². The first-order valence-electron chi connectivity index (χ1n) is 7.51. The maximum Gasteiger partial charge on any atom is 0.406 e. The van der Waals surface area contributed by atoms with Gasteiger partial charge < -0.3 is 10.2 Å².